The quantitative estimate of drug-likeness (QED) is 0.112. The topological polar surface area (TPSA) is 97.1 Å². The first-order valence-electron chi connectivity index (χ1n) is 13.1. The lowest BCUT2D eigenvalue weighted by Gasteiger charge is -2.22. The van der Waals surface area contributed by atoms with E-state index in [1.807, 2.05) is 30.3 Å². The van der Waals surface area contributed by atoms with Crippen LogP contribution in [-0.4, -0.2) is 31.6 Å². The van der Waals surface area contributed by atoms with E-state index in [4.69, 9.17) is 32.4 Å². The number of carbonyl (C=O) groups is 2. The van der Waals surface area contributed by atoms with Crippen LogP contribution < -0.4 is 4.90 Å². The van der Waals surface area contributed by atoms with E-state index >= 15 is 0 Å². The molecule has 0 amide bonds. The predicted molar refractivity (Wildman–Crippen MR) is 165 cm³/mol. The lowest BCUT2D eigenvalue weighted by molar-refractivity contribution is -0.137. The molecule has 0 atom stereocenters. The zero-order valence-electron chi connectivity index (χ0n) is 23.2. The molecule has 3 aromatic carbocycles. The lowest BCUT2D eigenvalue weighted by atomic mass is 10.1. The van der Waals surface area contributed by atoms with Crippen LogP contribution in [0.2, 0.25) is 10.0 Å². The monoisotopic (exact) mass is 636 g/mol. The molecule has 0 N–H and O–H groups in total. The highest BCUT2D eigenvalue weighted by molar-refractivity contribution is 7.89. The van der Waals surface area contributed by atoms with E-state index in [9.17, 15) is 18.0 Å². The van der Waals surface area contributed by atoms with Crippen molar-refractivity contribution in [2.45, 2.75) is 24.9 Å². The molecule has 1 aliphatic heterocycles. The molecule has 5 rings (SSSR count). The van der Waals surface area contributed by atoms with Gasteiger partial charge in [-0.1, -0.05) is 53.5 Å². The molecule has 11 heteroatoms. The number of anilines is 1. The number of furan rings is 1. The summed E-state index contributed by atoms with van der Waals surface area (Å²) in [6.45, 7) is 1.66. The van der Waals surface area contributed by atoms with E-state index < -0.39 is 21.8 Å². The molecule has 0 unspecified atom stereocenters. The molecule has 1 aromatic heterocycles. The number of hydrogen-bond acceptors (Lipinski definition) is 7. The minimum Gasteiger partial charge on any atom is -0.465 e. The summed E-state index contributed by atoms with van der Waals surface area (Å²) < 4.78 is 39.6. The fraction of sp³-hybridized carbons (Fsp3) is 0.125. The molecule has 0 bridgehead atoms. The van der Waals surface area contributed by atoms with Crippen LogP contribution in [0.1, 0.15) is 24.0 Å². The Hall–Kier alpha value is -4.15. The number of methoxy groups -OCH3 is 1. The molecule has 0 saturated heterocycles. The van der Waals surface area contributed by atoms with Gasteiger partial charge in [0, 0.05) is 34.1 Å². The predicted octanol–water partition coefficient (Wildman–Crippen LogP) is 6.85. The summed E-state index contributed by atoms with van der Waals surface area (Å²) in [6.07, 6.45) is 1.51. The Labute approximate surface area is 259 Å². The Morgan fingerprint density at radius 2 is 1.53 bits per heavy atom. The van der Waals surface area contributed by atoms with Crippen LogP contribution in [-0.2, 0) is 37.4 Å². The van der Waals surface area contributed by atoms with Crippen LogP contribution in [0.5, 0.6) is 0 Å². The number of benzene rings is 3. The van der Waals surface area contributed by atoms with Crippen molar-refractivity contribution in [3.8, 4) is 0 Å². The summed E-state index contributed by atoms with van der Waals surface area (Å²) in [5.74, 6) is -0.649. The maximum absolute atomic E-state index is 13.7. The number of nitrogens with zero attached hydrogens (tertiary/aromatic N) is 2. The largest absolute Gasteiger partial charge is 0.465 e. The Balaban J connectivity index is 1.49. The third-order valence-electron chi connectivity index (χ3n) is 6.82. The number of rotatable bonds is 9. The van der Waals surface area contributed by atoms with Crippen LogP contribution >= 0.6 is 23.2 Å². The highest BCUT2D eigenvalue weighted by Gasteiger charge is 2.38. The second-order valence-electron chi connectivity index (χ2n) is 9.64. The smallest absolute Gasteiger partial charge is 0.343 e. The average Bonchev–Trinajstić information content (AvgIpc) is 3.54. The molecule has 4 aromatic rings. The minimum absolute atomic E-state index is 0.0808. The van der Waals surface area contributed by atoms with Crippen molar-refractivity contribution >= 4 is 56.7 Å². The molecule has 0 saturated carbocycles. The number of esters is 1. The number of allylic oxidation sites excluding steroid dienone is 2. The maximum Gasteiger partial charge on any atom is 0.343 e. The van der Waals surface area contributed by atoms with E-state index in [0.717, 1.165) is 5.56 Å². The van der Waals surface area contributed by atoms with Gasteiger partial charge in [0.05, 0.1) is 24.2 Å². The van der Waals surface area contributed by atoms with Gasteiger partial charge >= 0.3 is 5.97 Å². The molecule has 43 heavy (non-hydrogen) atoms. The number of sulfonamides is 1. The van der Waals surface area contributed by atoms with Crippen LogP contribution in [0, 0.1) is 0 Å². The van der Waals surface area contributed by atoms with Crippen LogP contribution in [0.3, 0.4) is 0 Å². The van der Waals surface area contributed by atoms with Crippen molar-refractivity contribution < 1.29 is 27.2 Å². The Kier molecular flexibility index (Phi) is 8.89. The first kappa shape index (κ1) is 30.3. The first-order chi connectivity index (χ1) is 20.6. The van der Waals surface area contributed by atoms with Gasteiger partial charge in [-0.25, -0.2) is 13.2 Å². The average molecular weight is 638 g/mol. The molecule has 0 aliphatic carbocycles. The van der Waals surface area contributed by atoms with Crippen LogP contribution in [0.15, 0.2) is 117 Å². The van der Waals surface area contributed by atoms with Crippen molar-refractivity contribution in [3.63, 3.8) is 0 Å². The van der Waals surface area contributed by atoms with Gasteiger partial charge in [0.2, 0.25) is 15.8 Å². The molecule has 220 valence electrons. The van der Waals surface area contributed by atoms with Crippen molar-refractivity contribution in [2.75, 3.05) is 12.0 Å². The lowest BCUT2D eigenvalue weighted by Crippen LogP contribution is -2.30. The van der Waals surface area contributed by atoms with Gasteiger partial charge < -0.3 is 14.1 Å². The fourth-order valence-corrected chi connectivity index (χ4v) is 6.36. The normalized spacial score (nSPS) is 14.7. The highest BCUT2D eigenvalue weighted by atomic mass is 35.5. The van der Waals surface area contributed by atoms with Crippen molar-refractivity contribution in [1.29, 1.82) is 0 Å². The number of carbonyl (C=O) groups excluding carboxylic acids is 2. The van der Waals surface area contributed by atoms with Crippen molar-refractivity contribution in [2.24, 2.45) is 0 Å². The number of ketones is 1. The van der Waals surface area contributed by atoms with E-state index in [-0.39, 0.29) is 29.3 Å². The first-order valence-corrected chi connectivity index (χ1v) is 15.3. The van der Waals surface area contributed by atoms with Gasteiger partial charge in [0.15, 0.2) is 0 Å². The summed E-state index contributed by atoms with van der Waals surface area (Å²) in [6, 6.07) is 25.3. The fourth-order valence-electron chi connectivity index (χ4n) is 4.72. The van der Waals surface area contributed by atoms with Gasteiger partial charge in [-0.05, 0) is 73.2 Å². The molecule has 1 aliphatic rings. The van der Waals surface area contributed by atoms with Gasteiger partial charge in [-0.3, -0.25) is 4.79 Å². The molecule has 0 fully saturated rings. The zero-order valence-corrected chi connectivity index (χ0v) is 25.5. The Morgan fingerprint density at radius 3 is 2.16 bits per heavy atom. The number of ether oxygens (including phenoxy) is 1. The zero-order chi connectivity index (χ0) is 30.7. The molecule has 0 spiro atoms. The summed E-state index contributed by atoms with van der Waals surface area (Å²) in [5, 5.41) is 0.936. The standard InChI is InChI=1S/C32H26Cl2N2O6S/c1-21-30(32(38)41-2)31(37)29(36(21)25-12-8-23(33)9-13-25)18-26-14-15-27(42-26)20-35(19-22-6-4-3-5-7-22)43(39,40)28-16-10-24(34)11-17-28/h3-18H,19-20H2,1-2H3/b29-18+. The van der Waals surface area contributed by atoms with E-state index in [1.165, 1.54) is 41.8 Å². The second kappa shape index (κ2) is 12.6. The van der Waals surface area contributed by atoms with Gasteiger partial charge in [0.25, 0.3) is 0 Å². The molecular weight excluding hydrogens is 611 g/mol. The third-order valence-corrected chi connectivity index (χ3v) is 9.13. The van der Waals surface area contributed by atoms with Crippen LogP contribution in [0.4, 0.5) is 5.69 Å². The van der Waals surface area contributed by atoms with E-state index in [1.54, 1.807) is 48.2 Å². The summed E-state index contributed by atoms with van der Waals surface area (Å²) >= 11 is 12.1. The van der Waals surface area contributed by atoms with E-state index in [2.05, 4.69) is 0 Å². The van der Waals surface area contributed by atoms with Crippen molar-refractivity contribution in [3.05, 3.63) is 135 Å². The molecular formula is C32H26Cl2N2O6S. The highest BCUT2D eigenvalue weighted by Crippen LogP contribution is 2.36. The number of halogens is 2. The summed E-state index contributed by atoms with van der Waals surface area (Å²) in [4.78, 5) is 27.7. The number of hydrogen-bond donors (Lipinski definition) is 0. The summed E-state index contributed by atoms with van der Waals surface area (Å²) in [5.41, 5.74) is 1.85. The maximum atomic E-state index is 13.7. The van der Waals surface area contributed by atoms with Crippen LogP contribution in [0.25, 0.3) is 6.08 Å². The third kappa shape index (κ3) is 6.45. The SMILES string of the molecule is COC(=O)C1=C(C)N(c2ccc(Cl)cc2)/C(=C/c2ccc(CN(Cc3ccccc3)S(=O)(=O)c3ccc(Cl)cc3)o2)C1=O. The summed E-state index contributed by atoms with van der Waals surface area (Å²) in [7, 11) is -2.73. The Bertz CT molecular complexity index is 1830. The molecule has 8 nitrogen and oxygen atoms in total. The van der Waals surface area contributed by atoms with Gasteiger partial charge in [-0.15, -0.1) is 0 Å². The Morgan fingerprint density at radius 1 is 0.907 bits per heavy atom. The second-order valence-corrected chi connectivity index (χ2v) is 12.5. The van der Waals surface area contributed by atoms with E-state index in [0.29, 0.717) is 33.0 Å². The van der Waals surface area contributed by atoms with Gasteiger partial charge in [-0.2, -0.15) is 4.31 Å². The number of Topliss-reactive ketones (excluding diaryl/α,β-unsaturated/α-hetero) is 1. The molecule has 2 heterocycles. The van der Waals surface area contributed by atoms with Gasteiger partial charge in [0.1, 0.15) is 17.1 Å². The van der Waals surface area contributed by atoms with Crippen molar-refractivity contribution in [1.82, 2.24) is 4.31 Å². The molecule has 0 radical (unpaired) electrons. The minimum atomic E-state index is -3.94.